The summed E-state index contributed by atoms with van der Waals surface area (Å²) in [6.07, 6.45) is 1.74. The van der Waals surface area contributed by atoms with Crippen LogP contribution in [-0.2, 0) is 6.42 Å². The number of hydrogen-bond acceptors (Lipinski definition) is 4. The van der Waals surface area contributed by atoms with Crippen molar-refractivity contribution in [1.29, 1.82) is 0 Å². The minimum Gasteiger partial charge on any atom is -0.344 e. The van der Waals surface area contributed by atoms with E-state index < -0.39 is 0 Å². The van der Waals surface area contributed by atoms with Crippen molar-refractivity contribution in [2.45, 2.75) is 25.8 Å². The Balaban J connectivity index is 1.55. The van der Waals surface area contributed by atoms with Gasteiger partial charge in [0, 0.05) is 18.2 Å². The second-order valence-corrected chi connectivity index (χ2v) is 7.06. The normalized spacial score (nSPS) is 14.2. The lowest BCUT2D eigenvalue weighted by atomic mass is 10.1. The molecule has 2 aromatic heterocycles. The van der Waals surface area contributed by atoms with Gasteiger partial charge in [0.05, 0.1) is 23.1 Å². The zero-order valence-electron chi connectivity index (χ0n) is 16.0. The van der Waals surface area contributed by atoms with E-state index in [0.717, 1.165) is 42.3 Å². The Hall–Kier alpha value is -3.48. The van der Waals surface area contributed by atoms with Crippen LogP contribution in [0, 0.1) is 5.82 Å². The molecule has 1 aromatic carbocycles. The molecule has 0 saturated carbocycles. The van der Waals surface area contributed by atoms with Gasteiger partial charge in [0.25, 0.3) is 5.91 Å². The monoisotopic (exact) mass is 392 g/mol. The van der Waals surface area contributed by atoms with Crippen LogP contribution in [0.1, 0.15) is 41.1 Å². The molecule has 0 spiro atoms. The van der Waals surface area contributed by atoms with Gasteiger partial charge in [-0.05, 0) is 62.2 Å². The Morgan fingerprint density at radius 1 is 1.17 bits per heavy atom. The van der Waals surface area contributed by atoms with Gasteiger partial charge in [-0.15, -0.1) is 0 Å². The number of aromatic amines is 1. The average Bonchev–Trinajstić information content (AvgIpc) is 2.73. The number of fused-ring (bicyclic) bond motifs is 1. The second-order valence-electron chi connectivity index (χ2n) is 7.06. The van der Waals surface area contributed by atoms with Crippen LogP contribution in [0.2, 0.25) is 0 Å². The van der Waals surface area contributed by atoms with Gasteiger partial charge in [-0.3, -0.25) is 14.6 Å². The van der Waals surface area contributed by atoms with Crippen LogP contribution in [-0.4, -0.2) is 22.4 Å². The second kappa shape index (κ2) is 7.87. The topological polar surface area (TPSA) is 78.1 Å². The number of rotatable bonds is 4. The molecule has 0 radical (unpaired) electrons. The van der Waals surface area contributed by atoms with Crippen LogP contribution in [0.25, 0.3) is 0 Å². The summed E-state index contributed by atoms with van der Waals surface area (Å²) in [7, 11) is 0. The number of carbonyl (C=O) groups is 1. The predicted molar refractivity (Wildman–Crippen MR) is 109 cm³/mol. The maximum atomic E-state index is 13.0. The molecule has 4 rings (SSSR count). The van der Waals surface area contributed by atoms with E-state index in [0.29, 0.717) is 5.56 Å². The van der Waals surface area contributed by atoms with Crippen molar-refractivity contribution in [3.8, 4) is 0 Å². The smallest absolute Gasteiger partial charge is 0.251 e. The molecule has 0 saturated heterocycles. The van der Waals surface area contributed by atoms with Gasteiger partial charge >= 0.3 is 0 Å². The molecule has 6 nitrogen and oxygen atoms in total. The quantitative estimate of drug-likeness (QED) is 0.713. The number of benzene rings is 1. The van der Waals surface area contributed by atoms with Crippen molar-refractivity contribution in [2.75, 3.05) is 11.4 Å². The molecule has 1 atom stereocenters. The number of amides is 1. The van der Waals surface area contributed by atoms with Gasteiger partial charge in [0.15, 0.2) is 0 Å². The molecule has 3 heterocycles. The first-order valence-corrected chi connectivity index (χ1v) is 9.54. The highest BCUT2D eigenvalue weighted by molar-refractivity contribution is 5.94. The van der Waals surface area contributed by atoms with Crippen molar-refractivity contribution in [3.63, 3.8) is 0 Å². The first-order valence-electron chi connectivity index (χ1n) is 9.54. The molecule has 1 amide bonds. The molecule has 3 aromatic rings. The van der Waals surface area contributed by atoms with Gasteiger partial charge < -0.3 is 15.2 Å². The molecule has 1 unspecified atom stereocenters. The van der Waals surface area contributed by atoms with Crippen molar-refractivity contribution in [2.24, 2.45) is 0 Å². The first-order chi connectivity index (χ1) is 14.0. The fourth-order valence-corrected chi connectivity index (χ4v) is 3.51. The Morgan fingerprint density at radius 2 is 1.97 bits per heavy atom. The van der Waals surface area contributed by atoms with E-state index in [1.54, 1.807) is 6.07 Å². The number of hydrogen-bond donors (Lipinski definition) is 2. The summed E-state index contributed by atoms with van der Waals surface area (Å²) >= 11 is 0. The molecule has 1 aliphatic heterocycles. The van der Waals surface area contributed by atoms with Crippen molar-refractivity contribution in [1.82, 2.24) is 15.3 Å². The zero-order chi connectivity index (χ0) is 20.4. The third-order valence-electron chi connectivity index (χ3n) is 5.00. The van der Waals surface area contributed by atoms with Crippen LogP contribution < -0.4 is 15.8 Å². The summed E-state index contributed by atoms with van der Waals surface area (Å²) < 4.78 is 13.0. The highest BCUT2D eigenvalue weighted by Gasteiger charge is 2.22. The summed E-state index contributed by atoms with van der Waals surface area (Å²) in [6.45, 7) is 2.66. The summed E-state index contributed by atoms with van der Waals surface area (Å²) in [5, 5.41) is 2.90. The van der Waals surface area contributed by atoms with Crippen LogP contribution in [0.15, 0.2) is 59.4 Å². The molecular weight excluding hydrogens is 371 g/mol. The number of pyridine rings is 2. The van der Waals surface area contributed by atoms with Crippen molar-refractivity contribution < 1.29 is 9.18 Å². The lowest BCUT2D eigenvalue weighted by molar-refractivity contribution is 0.0939. The SMILES string of the molecule is CC(NC(=O)c1ccc(F)cc1)c1ccc2c(n1)CCCN2c1cccc(=O)[nH]1. The zero-order valence-corrected chi connectivity index (χ0v) is 16.0. The summed E-state index contributed by atoms with van der Waals surface area (Å²) in [6, 6.07) is 14.1. The number of nitrogens with zero attached hydrogens (tertiary/aromatic N) is 2. The Morgan fingerprint density at radius 3 is 2.72 bits per heavy atom. The average molecular weight is 392 g/mol. The molecule has 2 N–H and O–H groups in total. The van der Waals surface area contributed by atoms with E-state index >= 15 is 0 Å². The molecule has 7 heteroatoms. The number of aryl methyl sites for hydroxylation is 1. The van der Waals surface area contributed by atoms with E-state index in [4.69, 9.17) is 4.98 Å². The molecule has 0 fully saturated rings. The summed E-state index contributed by atoms with van der Waals surface area (Å²) in [5.41, 5.74) is 2.90. The predicted octanol–water partition coefficient (Wildman–Crippen LogP) is 3.48. The van der Waals surface area contributed by atoms with Gasteiger partial charge in [0.2, 0.25) is 5.56 Å². The van der Waals surface area contributed by atoms with E-state index in [1.165, 1.54) is 30.3 Å². The van der Waals surface area contributed by atoms with Crippen LogP contribution in [0.5, 0.6) is 0 Å². The number of carbonyl (C=O) groups excluding carboxylic acids is 1. The Kier molecular flexibility index (Phi) is 5.12. The van der Waals surface area contributed by atoms with Crippen molar-refractivity contribution >= 4 is 17.4 Å². The number of anilines is 2. The molecule has 29 heavy (non-hydrogen) atoms. The maximum absolute atomic E-state index is 13.0. The fourth-order valence-electron chi connectivity index (χ4n) is 3.51. The summed E-state index contributed by atoms with van der Waals surface area (Å²) in [4.78, 5) is 33.7. The van der Waals surface area contributed by atoms with E-state index in [-0.39, 0.29) is 23.3 Å². The van der Waals surface area contributed by atoms with Crippen molar-refractivity contribution in [3.05, 3.63) is 87.7 Å². The van der Waals surface area contributed by atoms with E-state index in [1.807, 2.05) is 25.1 Å². The fraction of sp³-hybridized carbons (Fsp3) is 0.227. The highest BCUT2D eigenvalue weighted by atomic mass is 19.1. The lowest BCUT2D eigenvalue weighted by Gasteiger charge is -2.30. The molecule has 148 valence electrons. The third-order valence-corrected chi connectivity index (χ3v) is 5.00. The third kappa shape index (κ3) is 4.03. The molecule has 1 aliphatic rings. The van der Waals surface area contributed by atoms with E-state index in [2.05, 4.69) is 15.2 Å². The van der Waals surface area contributed by atoms with Crippen LogP contribution in [0.4, 0.5) is 15.9 Å². The Bertz CT molecular complexity index is 1090. The van der Waals surface area contributed by atoms with E-state index in [9.17, 15) is 14.0 Å². The Labute approximate surface area is 167 Å². The molecule has 0 aliphatic carbocycles. The standard InChI is InChI=1S/C22H21FN4O2/c1-14(24-22(29)15-7-9-16(23)10-8-15)17-11-12-19-18(25-17)4-3-13-27(19)20-5-2-6-21(28)26-20/h2,5-12,14H,3-4,13H2,1H3,(H,24,29)(H,26,28). The maximum Gasteiger partial charge on any atom is 0.251 e. The van der Waals surface area contributed by atoms with Gasteiger partial charge in [-0.2, -0.15) is 0 Å². The number of H-pyrrole nitrogens is 1. The molecule has 0 bridgehead atoms. The first kappa shape index (κ1) is 18.9. The van der Waals surface area contributed by atoms with Crippen LogP contribution in [0.3, 0.4) is 0 Å². The van der Waals surface area contributed by atoms with Gasteiger partial charge in [-0.1, -0.05) is 6.07 Å². The number of halogens is 1. The largest absolute Gasteiger partial charge is 0.344 e. The minimum atomic E-state index is -0.379. The molecular formula is C22H21FN4O2. The summed E-state index contributed by atoms with van der Waals surface area (Å²) in [5.74, 6) is 0.0847. The minimum absolute atomic E-state index is 0.142. The van der Waals surface area contributed by atoms with Gasteiger partial charge in [-0.25, -0.2) is 4.39 Å². The highest BCUT2D eigenvalue weighted by Crippen LogP contribution is 2.31. The van der Waals surface area contributed by atoms with Gasteiger partial charge in [0.1, 0.15) is 11.6 Å². The van der Waals surface area contributed by atoms with Crippen LogP contribution >= 0.6 is 0 Å². The lowest BCUT2D eigenvalue weighted by Crippen LogP contribution is -2.30. The number of nitrogens with one attached hydrogen (secondary N) is 2. The number of aromatic nitrogens is 2.